The van der Waals surface area contributed by atoms with Gasteiger partial charge in [-0.2, -0.15) is 0 Å². The molecule has 0 saturated heterocycles. The Balaban J connectivity index is 2.95. The number of carbonyl (C=O) groups is 1. The lowest BCUT2D eigenvalue weighted by atomic mass is 10.0. The molecule has 7 nitrogen and oxygen atoms in total. The van der Waals surface area contributed by atoms with Crippen molar-refractivity contribution >= 4 is 11.6 Å². The summed E-state index contributed by atoms with van der Waals surface area (Å²) in [4.78, 5) is 21.0. The number of aliphatic hydroxyl groups excluding tert-OH is 2. The number of carbonyl (C=O) groups excluding carboxylic acids is 1. The van der Waals surface area contributed by atoms with Crippen LogP contribution in [0.5, 0.6) is 0 Å². The summed E-state index contributed by atoms with van der Waals surface area (Å²) < 4.78 is 0. The average molecular weight is 268 g/mol. The summed E-state index contributed by atoms with van der Waals surface area (Å²) in [6.07, 6.45) is -2.75. The van der Waals surface area contributed by atoms with E-state index in [1.807, 2.05) is 0 Å². The molecule has 0 aliphatic rings. The molecule has 2 unspecified atom stereocenters. The van der Waals surface area contributed by atoms with Crippen molar-refractivity contribution in [3.05, 3.63) is 39.4 Å². The van der Waals surface area contributed by atoms with E-state index in [0.29, 0.717) is 5.56 Å². The molecule has 0 fully saturated rings. The number of hydrogen-bond donors (Lipinski definition) is 3. The maximum atomic E-state index is 10.9. The third-order valence-electron chi connectivity index (χ3n) is 2.63. The summed E-state index contributed by atoms with van der Waals surface area (Å²) in [7, 11) is 0. The van der Waals surface area contributed by atoms with Crippen molar-refractivity contribution in [2.45, 2.75) is 26.1 Å². The van der Waals surface area contributed by atoms with Gasteiger partial charge in [0, 0.05) is 19.5 Å². The topological polar surface area (TPSA) is 113 Å². The maximum absolute atomic E-state index is 10.9. The molecule has 0 radical (unpaired) electrons. The molecule has 1 amide bonds. The Bertz CT molecular complexity index is 489. The summed E-state index contributed by atoms with van der Waals surface area (Å²) in [6, 6.07) is 4.33. The molecule has 0 aliphatic carbocycles. The van der Waals surface area contributed by atoms with Gasteiger partial charge in [0.2, 0.25) is 5.91 Å². The van der Waals surface area contributed by atoms with Crippen molar-refractivity contribution in [2.24, 2.45) is 0 Å². The van der Waals surface area contributed by atoms with Crippen LogP contribution in [-0.4, -0.2) is 33.7 Å². The molecule has 104 valence electrons. The lowest BCUT2D eigenvalue weighted by molar-refractivity contribution is -0.386. The lowest BCUT2D eigenvalue weighted by Crippen LogP contribution is -2.34. The Hall–Kier alpha value is -1.99. The Morgan fingerprint density at radius 1 is 1.47 bits per heavy atom. The molecule has 7 heteroatoms. The monoisotopic (exact) mass is 268 g/mol. The SMILES string of the molecule is CC(=O)NCC(O)C(O)c1ccc(C)cc1[N+](=O)[O-]. The molecule has 1 aromatic carbocycles. The van der Waals surface area contributed by atoms with Crippen LogP contribution in [0.15, 0.2) is 18.2 Å². The van der Waals surface area contributed by atoms with Crippen molar-refractivity contribution in [3.8, 4) is 0 Å². The molecular formula is C12H16N2O5. The maximum Gasteiger partial charge on any atom is 0.275 e. The van der Waals surface area contributed by atoms with Gasteiger partial charge in [-0.3, -0.25) is 14.9 Å². The van der Waals surface area contributed by atoms with Crippen LogP contribution in [0.2, 0.25) is 0 Å². The summed E-state index contributed by atoms with van der Waals surface area (Å²) in [6.45, 7) is 2.78. The molecule has 0 spiro atoms. The highest BCUT2D eigenvalue weighted by molar-refractivity contribution is 5.72. The standard InChI is InChI=1S/C12H16N2O5/c1-7-3-4-9(10(5-7)14(18)19)12(17)11(16)6-13-8(2)15/h3-5,11-12,16-17H,6H2,1-2H3,(H,13,15). The van der Waals surface area contributed by atoms with Gasteiger partial charge in [-0.15, -0.1) is 0 Å². The van der Waals surface area contributed by atoms with Crippen LogP contribution < -0.4 is 5.32 Å². The number of benzene rings is 1. The third kappa shape index (κ3) is 4.01. The fourth-order valence-corrected chi connectivity index (χ4v) is 1.63. The van der Waals surface area contributed by atoms with Crippen molar-refractivity contribution in [3.63, 3.8) is 0 Å². The molecule has 0 saturated carbocycles. The lowest BCUT2D eigenvalue weighted by Gasteiger charge is -2.18. The van der Waals surface area contributed by atoms with Crippen LogP contribution >= 0.6 is 0 Å². The fraction of sp³-hybridized carbons (Fsp3) is 0.417. The van der Waals surface area contributed by atoms with E-state index < -0.39 is 17.1 Å². The Morgan fingerprint density at radius 2 is 2.11 bits per heavy atom. The second-order valence-corrected chi connectivity index (χ2v) is 4.27. The first-order chi connectivity index (χ1) is 8.82. The van der Waals surface area contributed by atoms with E-state index in [1.165, 1.54) is 19.1 Å². The van der Waals surface area contributed by atoms with Crippen molar-refractivity contribution in [1.82, 2.24) is 5.32 Å². The minimum Gasteiger partial charge on any atom is -0.388 e. The summed E-state index contributed by atoms with van der Waals surface area (Å²) >= 11 is 0. The first kappa shape index (κ1) is 15.1. The molecule has 0 bridgehead atoms. The van der Waals surface area contributed by atoms with Crippen molar-refractivity contribution in [2.75, 3.05) is 6.54 Å². The first-order valence-corrected chi connectivity index (χ1v) is 5.68. The highest BCUT2D eigenvalue weighted by atomic mass is 16.6. The fourth-order valence-electron chi connectivity index (χ4n) is 1.63. The minimum atomic E-state index is -1.44. The predicted octanol–water partition coefficient (Wildman–Crippen LogP) is 0.434. The highest BCUT2D eigenvalue weighted by Crippen LogP contribution is 2.28. The van der Waals surface area contributed by atoms with Gasteiger partial charge in [0.25, 0.3) is 5.69 Å². The quantitative estimate of drug-likeness (QED) is 0.529. The summed E-state index contributed by atoms with van der Waals surface area (Å²) in [5.74, 6) is -0.357. The number of amides is 1. The minimum absolute atomic E-state index is 0.0217. The Morgan fingerprint density at radius 3 is 2.63 bits per heavy atom. The molecule has 1 rings (SSSR count). The largest absolute Gasteiger partial charge is 0.388 e. The van der Waals surface area contributed by atoms with E-state index in [4.69, 9.17) is 0 Å². The van der Waals surface area contributed by atoms with E-state index in [-0.39, 0.29) is 23.7 Å². The van der Waals surface area contributed by atoms with E-state index in [0.717, 1.165) is 0 Å². The van der Waals surface area contributed by atoms with Crippen molar-refractivity contribution in [1.29, 1.82) is 0 Å². The second kappa shape index (κ2) is 6.26. The summed E-state index contributed by atoms with van der Waals surface area (Å²) in [5, 5.41) is 32.9. The average Bonchev–Trinajstić information content (AvgIpc) is 2.34. The van der Waals surface area contributed by atoms with E-state index in [1.54, 1.807) is 13.0 Å². The van der Waals surface area contributed by atoms with Gasteiger partial charge in [-0.05, 0) is 18.6 Å². The number of nitrogens with one attached hydrogen (secondary N) is 1. The van der Waals surface area contributed by atoms with Gasteiger partial charge in [0.1, 0.15) is 12.2 Å². The van der Waals surface area contributed by atoms with Gasteiger partial charge in [-0.1, -0.05) is 6.07 Å². The van der Waals surface area contributed by atoms with Crippen molar-refractivity contribution < 1.29 is 19.9 Å². The molecule has 1 aromatic rings. The normalized spacial score (nSPS) is 13.7. The van der Waals surface area contributed by atoms with Gasteiger partial charge in [0.15, 0.2) is 0 Å². The van der Waals surface area contributed by atoms with E-state index in [2.05, 4.69) is 5.32 Å². The van der Waals surface area contributed by atoms with Gasteiger partial charge < -0.3 is 15.5 Å². The zero-order valence-corrected chi connectivity index (χ0v) is 10.7. The molecule has 3 N–H and O–H groups in total. The van der Waals surface area contributed by atoms with Gasteiger partial charge in [0.05, 0.1) is 10.5 Å². The van der Waals surface area contributed by atoms with Gasteiger partial charge >= 0.3 is 0 Å². The number of nitro benzene ring substituents is 1. The molecule has 2 atom stereocenters. The van der Waals surface area contributed by atoms with E-state index >= 15 is 0 Å². The third-order valence-corrected chi connectivity index (χ3v) is 2.63. The van der Waals surface area contributed by atoms with Crippen LogP contribution in [0.25, 0.3) is 0 Å². The molecule has 0 heterocycles. The first-order valence-electron chi connectivity index (χ1n) is 5.68. The number of aryl methyl sites for hydroxylation is 1. The number of nitrogens with zero attached hydrogens (tertiary/aromatic N) is 1. The molecule has 0 aromatic heterocycles. The van der Waals surface area contributed by atoms with Crippen LogP contribution in [0, 0.1) is 17.0 Å². The second-order valence-electron chi connectivity index (χ2n) is 4.27. The Labute approximate surface area is 110 Å². The van der Waals surface area contributed by atoms with Crippen LogP contribution in [0.1, 0.15) is 24.2 Å². The van der Waals surface area contributed by atoms with Crippen LogP contribution in [0.3, 0.4) is 0 Å². The zero-order valence-electron chi connectivity index (χ0n) is 10.7. The predicted molar refractivity (Wildman–Crippen MR) is 67.5 cm³/mol. The van der Waals surface area contributed by atoms with Gasteiger partial charge in [-0.25, -0.2) is 0 Å². The number of rotatable bonds is 5. The van der Waals surface area contributed by atoms with Crippen LogP contribution in [0.4, 0.5) is 5.69 Å². The number of nitro groups is 1. The van der Waals surface area contributed by atoms with E-state index in [9.17, 15) is 25.1 Å². The Kier molecular flexibility index (Phi) is 4.96. The number of hydrogen-bond acceptors (Lipinski definition) is 5. The van der Waals surface area contributed by atoms with Crippen LogP contribution in [-0.2, 0) is 4.79 Å². The molecule has 0 aliphatic heterocycles. The zero-order chi connectivity index (χ0) is 14.6. The molecule has 19 heavy (non-hydrogen) atoms. The molecular weight excluding hydrogens is 252 g/mol. The summed E-state index contributed by atoms with van der Waals surface area (Å²) in [5.41, 5.74) is 0.446. The highest BCUT2D eigenvalue weighted by Gasteiger charge is 2.26. The number of aliphatic hydroxyl groups is 2. The smallest absolute Gasteiger partial charge is 0.275 e.